The maximum atomic E-state index is 10.8. The van der Waals surface area contributed by atoms with E-state index in [1.165, 1.54) is 12.5 Å². The number of aromatic nitrogens is 2. The Morgan fingerprint density at radius 1 is 1.57 bits per heavy atom. The van der Waals surface area contributed by atoms with Crippen molar-refractivity contribution in [1.29, 1.82) is 0 Å². The fourth-order valence-electron chi connectivity index (χ4n) is 2.96. The summed E-state index contributed by atoms with van der Waals surface area (Å²) in [6.07, 6.45) is 2.37. The molecule has 7 heteroatoms. The number of anilines is 1. The van der Waals surface area contributed by atoms with Crippen LogP contribution in [0.15, 0.2) is 18.2 Å². The number of rotatable bonds is 4. The summed E-state index contributed by atoms with van der Waals surface area (Å²) in [4.78, 5) is 20.4. The summed E-state index contributed by atoms with van der Waals surface area (Å²) < 4.78 is 0. The third-order valence-electron chi connectivity index (χ3n) is 3.98. The Balaban J connectivity index is 1.85. The number of H-pyrrole nitrogens is 1. The number of fused-ring (bicyclic) bond motifs is 1. The van der Waals surface area contributed by atoms with E-state index in [0.717, 1.165) is 43.0 Å². The number of hydrogen-bond donors (Lipinski definition) is 2. The highest BCUT2D eigenvalue weighted by molar-refractivity contribution is 5.80. The van der Waals surface area contributed by atoms with Gasteiger partial charge in [0.15, 0.2) is 0 Å². The lowest BCUT2D eigenvalue weighted by Crippen LogP contribution is -2.39. The van der Waals surface area contributed by atoms with E-state index in [4.69, 9.17) is 0 Å². The van der Waals surface area contributed by atoms with Crippen molar-refractivity contribution in [3.63, 3.8) is 0 Å². The minimum absolute atomic E-state index is 0.0874. The summed E-state index contributed by atoms with van der Waals surface area (Å²) in [5, 5.41) is 14.0. The van der Waals surface area contributed by atoms with Crippen LogP contribution in [0.2, 0.25) is 0 Å². The van der Waals surface area contributed by atoms with E-state index in [0.29, 0.717) is 5.92 Å². The number of imidazole rings is 1. The van der Waals surface area contributed by atoms with Gasteiger partial charge in [0, 0.05) is 25.2 Å². The van der Waals surface area contributed by atoms with E-state index in [-0.39, 0.29) is 10.6 Å². The van der Waals surface area contributed by atoms with Gasteiger partial charge in [-0.2, -0.15) is 0 Å². The molecule has 0 aliphatic carbocycles. The van der Waals surface area contributed by atoms with Crippen molar-refractivity contribution in [2.75, 3.05) is 31.6 Å². The zero-order valence-corrected chi connectivity index (χ0v) is 12.0. The molecule has 1 unspecified atom stereocenters. The fourth-order valence-corrected chi connectivity index (χ4v) is 2.96. The summed E-state index contributed by atoms with van der Waals surface area (Å²) >= 11 is 0. The molecule has 2 N–H and O–H groups in total. The number of aromatic amines is 1. The van der Waals surface area contributed by atoms with E-state index in [1.54, 1.807) is 12.1 Å². The Morgan fingerprint density at radius 3 is 3.19 bits per heavy atom. The van der Waals surface area contributed by atoms with Crippen molar-refractivity contribution < 1.29 is 4.92 Å². The molecular weight excluding hydrogens is 270 g/mol. The minimum atomic E-state index is -0.385. The van der Waals surface area contributed by atoms with Crippen molar-refractivity contribution in [3.05, 3.63) is 28.3 Å². The highest BCUT2D eigenvalue weighted by Crippen LogP contribution is 2.25. The summed E-state index contributed by atoms with van der Waals surface area (Å²) in [5.74, 6) is 1.43. The smallest absolute Gasteiger partial charge is 0.271 e. The second-order valence-electron chi connectivity index (χ2n) is 5.53. The Bertz CT molecular complexity index is 652. The molecule has 1 aliphatic heterocycles. The van der Waals surface area contributed by atoms with Gasteiger partial charge >= 0.3 is 0 Å². The van der Waals surface area contributed by atoms with Crippen LogP contribution < -0.4 is 10.2 Å². The molecular formula is C14H19N5O2. The number of hydrogen-bond acceptors (Lipinski definition) is 5. The van der Waals surface area contributed by atoms with E-state index in [1.807, 2.05) is 7.05 Å². The first-order chi connectivity index (χ1) is 10.2. The van der Waals surface area contributed by atoms with Gasteiger partial charge in [-0.3, -0.25) is 10.1 Å². The molecule has 1 atom stereocenters. The molecule has 0 radical (unpaired) electrons. The van der Waals surface area contributed by atoms with Crippen LogP contribution in [-0.2, 0) is 0 Å². The first-order valence-electron chi connectivity index (χ1n) is 7.21. The van der Waals surface area contributed by atoms with Gasteiger partial charge in [-0.05, 0) is 38.4 Å². The monoisotopic (exact) mass is 289 g/mol. The molecule has 1 aromatic carbocycles. The Labute approximate surface area is 122 Å². The van der Waals surface area contributed by atoms with Crippen LogP contribution in [0, 0.1) is 16.0 Å². The van der Waals surface area contributed by atoms with Crippen molar-refractivity contribution in [2.24, 2.45) is 5.92 Å². The van der Waals surface area contributed by atoms with E-state index < -0.39 is 0 Å². The molecule has 7 nitrogen and oxygen atoms in total. The van der Waals surface area contributed by atoms with Gasteiger partial charge in [0.1, 0.15) is 0 Å². The topological polar surface area (TPSA) is 87.1 Å². The molecule has 1 saturated heterocycles. The normalized spacial score (nSPS) is 19.1. The standard InChI is InChI=1S/C14H19N5O2/c1-15-8-10-3-2-6-18(9-10)14-16-12-5-4-11(19(20)21)7-13(12)17-14/h4-5,7,10,15H,2-3,6,8-9H2,1H3,(H,16,17). The summed E-state index contributed by atoms with van der Waals surface area (Å²) in [7, 11) is 1.97. The molecule has 1 aliphatic rings. The van der Waals surface area contributed by atoms with Gasteiger partial charge < -0.3 is 15.2 Å². The van der Waals surface area contributed by atoms with Gasteiger partial charge in [-0.1, -0.05) is 0 Å². The largest absolute Gasteiger partial charge is 0.342 e. The second-order valence-corrected chi connectivity index (χ2v) is 5.53. The molecule has 0 saturated carbocycles. The SMILES string of the molecule is CNCC1CCCN(c2nc3ccc([N+](=O)[O-])cc3[nH]2)C1. The van der Waals surface area contributed by atoms with Crippen LogP contribution in [0.3, 0.4) is 0 Å². The average Bonchev–Trinajstić information content (AvgIpc) is 2.91. The molecule has 2 aromatic rings. The molecule has 1 fully saturated rings. The zero-order chi connectivity index (χ0) is 14.8. The summed E-state index contributed by atoms with van der Waals surface area (Å²) in [5.41, 5.74) is 1.57. The summed E-state index contributed by atoms with van der Waals surface area (Å²) in [6, 6.07) is 4.73. The Kier molecular flexibility index (Phi) is 3.74. The molecule has 2 heterocycles. The van der Waals surface area contributed by atoms with Crippen LogP contribution in [0.4, 0.5) is 11.6 Å². The number of piperidine rings is 1. The highest BCUT2D eigenvalue weighted by Gasteiger charge is 2.22. The van der Waals surface area contributed by atoms with Crippen molar-refractivity contribution >= 4 is 22.7 Å². The lowest BCUT2D eigenvalue weighted by molar-refractivity contribution is -0.384. The van der Waals surface area contributed by atoms with Crippen LogP contribution in [0.25, 0.3) is 11.0 Å². The van der Waals surface area contributed by atoms with Crippen molar-refractivity contribution in [3.8, 4) is 0 Å². The van der Waals surface area contributed by atoms with Crippen molar-refractivity contribution in [2.45, 2.75) is 12.8 Å². The zero-order valence-electron chi connectivity index (χ0n) is 12.0. The van der Waals surface area contributed by atoms with Gasteiger partial charge in [-0.15, -0.1) is 0 Å². The molecule has 112 valence electrons. The van der Waals surface area contributed by atoms with Crippen LogP contribution in [0.5, 0.6) is 0 Å². The first-order valence-corrected chi connectivity index (χ1v) is 7.21. The van der Waals surface area contributed by atoms with Gasteiger partial charge in [-0.25, -0.2) is 4.98 Å². The number of nitro groups is 1. The number of nitrogens with one attached hydrogen (secondary N) is 2. The molecule has 0 spiro atoms. The maximum Gasteiger partial charge on any atom is 0.271 e. The first kappa shape index (κ1) is 13.8. The molecule has 1 aromatic heterocycles. The minimum Gasteiger partial charge on any atom is -0.342 e. The third-order valence-corrected chi connectivity index (χ3v) is 3.98. The Morgan fingerprint density at radius 2 is 2.43 bits per heavy atom. The third kappa shape index (κ3) is 2.82. The van der Waals surface area contributed by atoms with Gasteiger partial charge in [0.2, 0.25) is 5.95 Å². The highest BCUT2D eigenvalue weighted by atomic mass is 16.6. The van der Waals surface area contributed by atoms with E-state index in [9.17, 15) is 10.1 Å². The number of benzene rings is 1. The second kappa shape index (κ2) is 5.69. The van der Waals surface area contributed by atoms with Crippen LogP contribution in [-0.4, -0.2) is 41.6 Å². The maximum absolute atomic E-state index is 10.8. The van der Waals surface area contributed by atoms with Gasteiger partial charge in [0.05, 0.1) is 16.0 Å². The molecule has 0 amide bonds. The molecule has 21 heavy (non-hydrogen) atoms. The van der Waals surface area contributed by atoms with E-state index >= 15 is 0 Å². The van der Waals surface area contributed by atoms with Crippen molar-refractivity contribution in [1.82, 2.24) is 15.3 Å². The summed E-state index contributed by atoms with van der Waals surface area (Å²) in [6.45, 7) is 2.94. The lowest BCUT2D eigenvalue weighted by atomic mass is 9.98. The Hall–Kier alpha value is -2.15. The number of non-ortho nitro benzene ring substituents is 1. The van der Waals surface area contributed by atoms with Crippen LogP contribution >= 0.6 is 0 Å². The quantitative estimate of drug-likeness (QED) is 0.663. The number of nitro benzene ring substituents is 1. The van der Waals surface area contributed by atoms with Gasteiger partial charge in [0.25, 0.3) is 5.69 Å². The van der Waals surface area contributed by atoms with E-state index in [2.05, 4.69) is 20.2 Å². The molecule has 3 rings (SSSR count). The average molecular weight is 289 g/mol. The predicted octanol–water partition coefficient (Wildman–Crippen LogP) is 1.91. The fraction of sp³-hybridized carbons (Fsp3) is 0.500. The lowest BCUT2D eigenvalue weighted by Gasteiger charge is -2.32. The number of nitrogens with zero attached hydrogens (tertiary/aromatic N) is 3. The predicted molar refractivity (Wildman–Crippen MR) is 81.6 cm³/mol. The van der Waals surface area contributed by atoms with Crippen LogP contribution in [0.1, 0.15) is 12.8 Å². The molecule has 0 bridgehead atoms.